The van der Waals surface area contributed by atoms with Gasteiger partial charge in [0, 0.05) is 6.54 Å². The normalized spacial score (nSPS) is 12.1. The van der Waals surface area contributed by atoms with Crippen molar-refractivity contribution in [3.63, 3.8) is 0 Å². The van der Waals surface area contributed by atoms with Crippen LogP contribution in [-0.2, 0) is 19.0 Å². The molecular formula is C48H95NO6. The largest absolute Gasteiger partial charge is 0.508 e. The van der Waals surface area contributed by atoms with Crippen molar-refractivity contribution in [3.8, 4) is 0 Å². The van der Waals surface area contributed by atoms with Gasteiger partial charge in [0.25, 0.3) is 0 Å². The number of rotatable bonds is 44. The number of carbonyl (C=O) groups excluding carboxylic acids is 2. The van der Waals surface area contributed by atoms with Gasteiger partial charge in [-0.15, -0.1) is 0 Å². The fourth-order valence-corrected chi connectivity index (χ4v) is 7.61. The molecule has 0 spiro atoms. The summed E-state index contributed by atoms with van der Waals surface area (Å²) >= 11 is 0. The number of unbranched alkanes of at least 4 members (excludes halogenated alkanes) is 24. The number of esters is 1. The zero-order valence-electron chi connectivity index (χ0n) is 37.4. The fraction of sp³-hybridized carbons (Fsp3) is 0.958. The van der Waals surface area contributed by atoms with Crippen LogP contribution in [0.4, 0.5) is 4.79 Å². The summed E-state index contributed by atoms with van der Waals surface area (Å²) in [6, 6.07) is 0. The summed E-state index contributed by atoms with van der Waals surface area (Å²) in [6.45, 7) is 12.8. The Bertz CT molecular complexity index is 778. The maximum absolute atomic E-state index is 12.9. The van der Waals surface area contributed by atoms with Gasteiger partial charge < -0.3 is 24.2 Å². The summed E-state index contributed by atoms with van der Waals surface area (Å²) in [5.74, 6) is 0.118. The molecular weight excluding hydrogens is 687 g/mol. The quantitative estimate of drug-likeness (QED) is 0.0487. The first-order chi connectivity index (χ1) is 27.0. The second-order valence-electron chi connectivity index (χ2n) is 16.6. The van der Waals surface area contributed by atoms with E-state index >= 15 is 0 Å². The Morgan fingerprint density at radius 3 is 1.25 bits per heavy atom. The molecule has 1 atom stereocenters. The van der Waals surface area contributed by atoms with Crippen molar-refractivity contribution in [2.24, 2.45) is 5.92 Å². The molecule has 0 saturated heterocycles. The number of nitrogens with zero attached hydrogens (tertiary/aromatic N) is 1. The Kier molecular flexibility index (Phi) is 42.7. The fourth-order valence-electron chi connectivity index (χ4n) is 7.61. The molecule has 0 aliphatic carbocycles. The molecule has 0 bridgehead atoms. The highest BCUT2D eigenvalue weighted by Crippen LogP contribution is 2.21. The molecule has 0 aliphatic heterocycles. The van der Waals surface area contributed by atoms with Crippen LogP contribution in [-0.4, -0.2) is 67.7 Å². The van der Waals surface area contributed by atoms with Gasteiger partial charge in [-0.25, -0.2) is 4.79 Å². The van der Waals surface area contributed by atoms with Crippen molar-refractivity contribution >= 4 is 12.1 Å². The van der Waals surface area contributed by atoms with Gasteiger partial charge in [-0.3, -0.25) is 4.79 Å². The molecule has 0 amide bonds. The van der Waals surface area contributed by atoms with E-state index in [1.807, 2.05) is 0 Å². The van der Waals surface area contributed by atoms with Gasteiger partial charge in [-0.2, -0.15) is 0 Å². The smallest absolute Gasteiger partial charge is 0.465 e. The van der Waals surface area contributed by atoms with Gasteiger partial charge in [0.05, 0.1) is 25.7 Å². The summed E-state index contributed by atoms with van der Waals surface area (Å²) in [5, 5.41) is 9.61. The molecule has 328 valence electrons. The molecule has 0 saturated carbocycles. The van der Waals surface area contributed by atoms with Crippen molar-refractivity contribution in [1.29, 1.82) is 0 Å². The highest BCUT2D eigenvalue weighted by Gasteiger charge is 2.19. The Balaban J connectivity index is 4.20. The van der Waals surface area contributed by atoms with Crippen LogP contribution in [0.5, 0.6) is 0 Å². The van der Waals surface area contributed by atoms with E-state index in [0.29, 0.717) is 19.8 Å². The van der Waals surface area contributed by atoms with Gasteiger partial charge in [0.1, 0.15) is 6.10 Å². The minimum Gasteiger partial charge on any atom is -0.465 e. The van der Waals surface area contributed by atoms with Gasteiger partial charge in [-0.05, 0) is 77.3 Å². The standard InChI is InChI=1S/C48H95NO6/c1-5-9-13-17-20-28-36-45(35-27-16-12-8-4)47(51)53-43-33-25-23-31-39-49(41-42-50)40-32-24-26-34-44-54-48(52)55-46(37-29-21-18-14-10-6-2)38-30-22-19-15-11-7-3/h45-46,50H,5-44H2,1-4H3. The predicted octanol–water partition coefficient (Wildman–Crippen LogP) is 14.3. The highest BCUT2D eigenvalue weighted by molar-refractivity contribution is 5.72. The molecule has 1 N–H and O–H groups in total. The lowest BCUT2D eigenvalue weighted by atomic mass is 9.94. The molecule has 0 heterocycles. The second-order valence-corrected chi connectivity index (χ2v) is 16.6. The predicted molar refractivity (Wildman–Crippen MR) is 234 cm³/mol. The van der Waals surface area contributed by atoms with E-state index in [9.17, 15) is 14.7 Å². The highest BCUT2D eigenvalue weighted by atomic mass is 16.7. The van der Waals surface area contributed by atoms with Crippen molar-refractivity contribution < 1.29 is 28.9 Å². The van der Waals surface area contributed by atoms with Crippen LogP contribution in [0.15, 0.2) is 0 Å². The molecule has 7 nitrogen and oxygen atoms in total. The second kappa shape index (κ2) is 43.8. The first kappa shape index (κ1) is 53.7. The van der Waals surface area contributed by atoms with Crippen LogP contribution in [0.1, 0.15) is 246 Å². The lowest BCUT2D eigenvalue weighted by molar-refractivity contribution is -0.149. The van der Waals surface area contributed by atoms with Crippen LogP contribution < -0.4 is 0 Å². The molecule has 0 rings (SSSR count). The minimum absolute atomic E-state index is 0.0119. The first-order valence-corrected chi connectivity index (χ1v) is 24.3. The minimum atomic E-state index is -0.486. The monoisotopic (exact) mass is 782 g/mol. The van der Waals surface area contributed by atoms with Crippen LogP contribution >= 0.6 is 0 Å². The van der Waals surface area contributed by atoms with E-state index in [-0.39, 0.29) is 24.6 Å². The number of ether oxygens (including phenoxy) is 3. The maximum Gasteiger partial charge on any atom is 0.508 e. The topological polar surface area (TPSA) is 85.3 Å². The molecule has 0 aromatic carbocycles. The van der Waals surface area contributed by atoms with E-state index in [1.54, 1.807) is 0 Å². The lowest BCUT2D eigenvalue weighted by Crippen LogP contribution is -2.29. The Labute approximate surface area is 342 Å². The van der Waals surface area contributed by atoms with Gasteiger partial charge in [-0.1, -0.05) is 182 Å². The molecule has 55 heavy (non-hydrogen) atoms. The Hall–Kier alpha value is -1.34. The molecule has 1 unspecified atom stereocenters. The van der Waals surface area contributed by atoms with Gasteiger partial charge in [0.2, 0.25) is 0 Å². The Morgan fingerprint density at radius 2 is 0.800 bits per heavy atom. The van der Waals surface area contributed by atoms with Crippen LogP contribution in [0.25, 0.3) is 0 Å². The van der Waals surface area contributed by atoms with E-state index in [2.05, 4.69) is 32.6 Å². The van der Waals surface area contributed by atoms with Gasteiger partial charge in [0.15, 0.2) is 0 Å². The lowest BCUT2D eigenvalue weighted by Gasteiger charge is -2.21. The third-order valence-corrected chi connectivity index (χ3v) is 11.3. The summed E-state index contributed by atoms with van der Waals surface area (Å²) < 4.78 is 17.1. The number of aliphatic hydroxyl groups is 1. The first-order valence-electron chi connectivity index (χ1n) is 24.3. The molecule has 0 aliphatic rings. The number of hydrogen-bond acceptors (Lipinski definition) is 7. The summed E-state index contributed by atoms with van der Waals surface area (Å²) in [7, 11) is 0. The molecule has 0 aromatic rings. The Morgan fingerprint density at radius 1 is 0.436 bits per heavy atom. The van der Waals surface area contributed by atoms with Crippen LogP contribution in [0, 0.1) is 5.92 Å². The molecule has 0 radical (unpaired) electrons. The van der Waals surface area contributed by atoms with Crippen molar-refractivity contribution in [2.75, 3.05) is 39.5 Å². The average molecular weight is 782 g/mol. The molecule has 7 heteroatoms. The summed E-state index contributed by atoms with van der Waals surface area (Å²) in [5.41, 5.74) is 0. The van der Waals surface area contributed by atoms with E-state index in [4.69, 9.17) is 14.2 Å². The van der Waals surface area contributed by atoms with Crippen molar-refractivity contribution in [1.82, 2.24) is 4.90 Å². The van der Waals surface area contributed by atoms with Crippen molar-refractivity contribution in [3.05, 3.63) is 0 Å². The zero-order chi connectivity index (χ0) is 40.3. The molecule has 0 fully saturated rings. The van der Waals surface area contributed by atoms with Crippen LogP contribution in [0.3, 0.4) is 0 Å². The summed E-state index contributed by atoms with van der Waals surface area (Å²) in [6.07, 6.45) is 39.1. The van der Waals surface area contributed by atoms with Gasteiger partial charge >= 0.3 is 12.1 Å². The number of carbonyl (C=O) groups is 2. The zero-order valence-corrected chi connectivity index (χ0v) is 37.4. The number of hydrogen-bond donors (Lipinski definition) is 1. The number of aliphatic hydroxyl groups excluding tert-OH is 1. The van der Waals surface area contributed by atoms with Crippen molar-refractivity contribution in [2.45, 2.75) is 252 Å². The van der Waals surface area contributed by atoms with E-state index in [1.165, 1.54) is 116 Å². The SMILES string of the molecule is CCCCCCCCC(CCCCCCCC)OC(=O)OCCCCCCN(CCO)CCCCCCOC(=O)C(CCCCCC)CCCCCCCC. The van der Waals surface area contributed by atoms with E-state index < -0.39 is 6.16 Å². The molecule has 0 aromatic heterocycles. The van der Waals surface area contributed by atoms with Crippen LogP contribution in [0.2, 0.25) is 0 Å². The average Bonchev–Trinajstić information content (AvgIpc) is 3.18. The third-order valence-electron chi connectivity index (χ3n) is 11.3. The van der Waals surface area contributed by atoms with E-state index in [0.717, 1.165) is 116 Å². The third kappa shape index (κ3) is 38.0. The summed E-state index contributed by atoms with van der Waals surface area (Å²) in [4.78, 5) is 27.8. The maximum atomic E-state index is 12.9.